The average Bonchev–Trinajstić information content (AvgIpc) is 2.90. The molecule has 0 bridgehead atoms. The maximum atomic E-state index is 5.68. The lowest BCUT2D eigenvalue weighted by atomic mass is 10.1. The normalized spacial score (nSPS) is 20.1. The molecule has 106 valence electrons. The highest BCUT2D eigenvalue weighted by molar-refractivity contribution is 7.99. The number of benzene rings is 1. The molecular formula is C14H18N4OS. The molecule has 2 N–H and O–H groups in total. The molecule has 0 saturated carbocycles. The Hall–Kier alpha value is -1.53. The van der Waals surface area contributed by atoms with Crippen LogP contribution in [0, 0.1) is 0 Å². The summed E-state index contributed by atoms with van der Waals surface area (Å²) >= 11 is 1.94. The van der Waals surface area contributed by atoms with E-state index in [4.69, 9.17) is 10.3 Å². The molecule has 1 atom stereocenters. The summed E-state index contributed by atoms with van der Waals surface area (Å²) in [5.74, 6) is 3.65. The average molecular weight is 290 g/mol. The van der Waals surface area contributed by atoms with Gasteiger partial charge in [-0.3, -0.25) is 4.90 Å². The van der Waals surface area contributed by atoms with Crippen molar-refractivity contribution in [3.8, 4) is 0 Å². The zero-order chi connectivity index (χ0) is 13.9. The van der Waals surface area contributed by atoms with Gasteiger partial charge < -0.3 is 10.3 Å². The third-order valence-electron chi connectivity index (χ3n) is 3.51. The summed E-state index contributed by atoms with van der Waals surface area (Å²) < 4.78 is 5.37. The molecule has 0 spiro atoms. The number of nitrogens with two attached hydrogens (primary N) is 1. The Bertz CT molecular complexity index is 569. The van der Waals surface area contributed by atoms with Crippen LogP contribution in [0.15, 0.2) is 28.8 Å². The predicted octanol–water partition coefficient (Wildman–Crippen LogP) is 1.96. The topological polar surface area (TPSA) is 68.2 Å². The van der Waals surface area contributed by atoms with E-state index in [-0.39, 0.29) is 6.04 Å². The van der Waals surface area contributed by atoms with Gasteiger partial charge in [0.05, 0.1) is 12.5 Å². The molecule has 1 unspecified atom stereocenters. The maximum Gasteiger partial charge on any atom is 0.231 e. The van der Waals surface area contributed by atoms with Gasteiger partial charge in [0.25, 0.3) is 0 Å². The molecule has 0 amide bonds. The number of thioether (sulfide) groups is 1. The van der Waals surface area contributed by atoms with Crippen LogP contribution in [0.4, 0.5) is 5.69 Å². The highest BCUT2D eigenvalue weighted by Crippen LogP contribution is 2.26. The fourth-order valence-electron chi connectivity index (χ4n) is 2.24. The Morgan fingerprint density at radius 1 is 1.40 bits per heavy atom. The number of nitrogen functional groups attached to an aromatic ring is 1. The van der Waals surface area contributed by atoms with Crippen LogP contribution >= 0.6 is 11.8 Å². The quantitative estimate of drug-likeness (QED) is 0.872. The first-order valence-electron chi connectivity index (χ1n) is 6.67. The van der Waals surface area contributed by atoms with E-state index in [9.17, 15) is 0 Å². The summed E-state index contributed by atoms with van der Waals surface area (Å²) in [5.41, 5.74) is 7.57. The summed E-state index contributed by atoms with van der Waals surface area (Å²) in [5, 5.41) is 4.14. The number of anilines is 1. The van der Waals surface area contributed by atoms with Crippen molar-refractivity contribution < 1.29 is 4.52 Å². The predicted molar refractivity (Wildman–Crippen MR) is 80.7 cm³/mol. The second kappa shape index (κ2) is 5.85. The van der Waals surface area contributed by atoms with Crippen LogP contribution in [0.2, 0.25) is 0 Å². The zero-order valence-electron chi connectivity index (χ0n) is 11.5. The van der Waals surface area contributed by atoms with Gasteiger partial charge in [-0.25, -0.2) is 0 Å². The van der Waals surface area contributed by atoms with Gasteiger partial charge in [-0.05, 0) is 24.7 Å². The summed E-state index contributed by atoms with van der Waals surface area (Å²) in [6.45, 7) is 1.07. The van der Waals surface area contributed by atoms with Crippen LogP contribution in [0.5, 0.6) is 0 Å². The zero-order valence-corrected chi connectivity index (χ0v) is 12.3. The molecule has 1 saturated heterocycles. The molecule has 20 heavy (non-hydrogen) atoms. The molecule has 1 aliphatic rings. The summed E-state index contributed by atoms with van der Waals surface area (Å²) in [6, 6.07) is 8.01. The number of rotatable bonds is 3. The number of nitrogens with zero attached hydrogens (tertiary/aromatic N) is 3. The summed E-state index contributed by atoms with van der Waals surface area (Å²) in [4.78, 5) is 6.82. The van der Waals surface area contributed by atoms with E-state index in [1.807, 2.05) is 36.0 Å². The van der Waals surface area contributed by atoms with Crippen molar-refractivity contribution in [3.05, 3.63) is 41.5 Å². The first-order valence-corrected chi connectivity index (χ1v) is 7.83. The molecule has 5 nitrogen and oxygen atoms in total. The van der Waals surface area contributed by atoms with Gasteiger partial charge in [-0.2, -0.15) is 16.7 Å². The highest BCUT2D eigenvalue weighted by atomic mass is 32.2. The van der Waals surface area contributed by atoms with Crippen LogP contribution in [-0.4, -0.2) is 40.1 Å². The first-order chi connectivity index (χ1) is 9.72. The fraction of sp³-hybridized carbons (Fsp3) is 0.429. The van der Waals surface area contributed by atoms with Gasteiger partial charge in [-0.15, -0.1) is 0 Å². The van der Waals surface area contributed by atoms with Gasteiger partial charge in [0, 0.05) is 23.7 Å². The lowest BCUT2D eigenvalue weighted by molar-refractivity contribution is 0.256. The SMILES string of the molecule is CN1CCSCC1c1noc(Cc2ccc(N)cc2)n1. The van der Waals surface area contributed by atoms with Crippen LogP contribution < -0.4 is 5.73 Å². The Kier molecular flexibility index (Phi) is 3.93. The van der Waals surface area contributed by atoms with E-state index in [1.165, 1.54) is 5.75 Å². The van der Waals surface area contributed by atoms with Crippen molar-refractivity contribution in [2.75, 3.05) is 30.8 Å². The van der Waals surface area contributed by atoms with Crippen LogP contribution in [0.1, 0.15) is 23.3 Å². The molecule has 2 heterocycles. The fourth-order valence-corrected chi connectivity index (χ4v) is 3.45. The van der Waals surface area contributed by atoms with Crippen molar-refractivity contribution in [1.82, 2.24) is 15.0 Å². The van der Waals surface area contributed by atoms with Gasteiger partial charge in [-0.1, -0.05) is 17.3 Å². The molecule has 1 fully saturated rings. The molecule has 1 aliphatic heterocycles. The smallest absolute Gasteiger partial charge is 0.231 e. The third-order valence-corrected chi connectivity index (χ3v) is 4.54. The van der Waals surface area contributed by atoms with E-state index in [2.05, 4.69) is 22.1 Å². The second-order valence-corrected chi connectivity index (χ2v) is 6.19. The van der Waals surface area contributed by atoms with Gasteiger partial charge in [0.2, 0.25) is 5.89 Å². The standard InChI is InChI=1S/C14H18N4OS/c1-18-6-7-20-9-12(18)14-16-13(19-17-14)8-10-2-4-11(15)5-3-10/h2-5,12H,6-9,15H2,1H3. The Labute approximate surface area is 122 Å². The van der Waals surface area contributed by atoms with E-state index in [1.54, 1.807) is 0 Å². The lowest BCUT2D eigenvalue weighted by Crippen LogP contribution is -2.33. The van der Waals surface area contributed by atoms with Crippen molar-refractivity contribution in [3.63, 3.8) is 0 Å². The molecule has 0 aliphatic carbocycles. The molecule has 0 radical (unpaired) electrons. The second-order valence-electron chi connectivity index (χ2n) is 5.04. The number of hydrogen-bond acceptors (Lipinski definition) is 6. The Morgan fingerprint density at radius 2 is 2.20 bits per heavy atom. The third kappa shape index (κ3) is 2.96. The van der Waals surface area contributed by atoms with E-state index < -0.39 is 0 Å². The monoisotopic (exact) mass is 290 g/mol. The molecule has 2 aromatic rings. The van der Waals surface area contributed by atoms with Crippen LogP contribution in [0.3, 0.4) is 0 Å². The Balaban J connectivity index is 1.71. The molecule has 3 rings (SSSR count). The van der Waals surface area contributed by atoms with Crippen molar-refractivity contribution in [2.45, 2.75) is 12.5 Å². The summed E-state index contributed by atoms with van der Waals surface area (Å²) in [6.07, 6.45) is 0.650. The van der Waals surface area contributed by atoms with Crippen LogP contribution in [-0.2, 0) is 6.42 Å². The number of hydrogen-bond donors (Lipinski definition) is 1. The molecule has 1 aromatic heterocycles. The molecular weight excluding hydrogens is 272 g/mol. The first kappa shape index (κ1) is 13.5. The van der Waals surface area contributed by atoms with E-state index >= 15 is 0 Å². The molecule has 1 aromatic carbocycles. The minimum atomic E-state index is 0.262. The van der Waals surface area contributed by atoms with Crippen molar-refractivity contribution in [2.24, 2.45) is 0 Å². The lowest BCUT2D eigenvalue weighted by Gasteiger charge is -2.29. The van der Waals surface area contributed by atoms with Crippen LogP contribution in [0.25, 0.3) is 0 Å². The van der Waals surface area contributed by atoms with Gasteiger partial charge >= 0.3 is 0 Å². The minimum Gasteiger partial charge on any atom is -0.399 e. The Morgan fingerprint density at radius 3 is 2.95 bits per heavy atom. The van der Waals surface area contributed by atoms with Crippen molar-refractivity contribution in [1.29, 1.82) is 0 Å². The van der Waals surface area contributed by atoms with E-state index in [0.717, 1.165) is 29.4 Å². The molecule has 6 heteroatoms. The van der Waals surface area contributed by atoms with Gasteiger partial charge in [0.15, 0.2) is 5.82 Å². The highest BCUT2D eigenvalue weighted by Gasteiger charge is 2.25. The summed E-state index contributed by atoms with van der Waals surface area (Å²) in [7, 11) is 2.11. The van der Waals surface area contributed by atoms with Crippen molar-refractivity contribution >= 4 is 17.4 Å². The largest absolute Gasteiger partial charge is 0.399 e. The van der Waals surface area contributed by atoms with E-state index in [0.29, 0.717) is 12.3 Å². The minimum absolute atomic E-state index is 0.262. The number of aromatic nitrogens is 2. The van der Waals surface area contributed by atoms with Gasteiger partial charge in [0.1, 0.15) is 0 Å². The maximum absolute atomic E-state index is 5.68.